The van der Waals surface area contributed by atoms with Gasteiger partial charge in [-0.3, -0.25) is 0 Å². The molecule has 88 valence electrons. The fourth-order valence-corrected chi connectivity index (χ4v) is 1.22. The molecule has 0 saturated carbocycles. The number of carbonyl (C=O) groups is 1. The molecule has 5 heteroatoms. The van der Waals surface area contributed by atoms with E-state index in [0.717, 1.165) is 0 Å². The van der Waals surface area contributed by atoms with E-state index in [9.17, 15) is 4.79 Å². The van der Waals surface area contributed by atoms with E-state index >= 15 is 0 Å². The van der Waals surface area contributed by atoms with Crippen LogP contribution in [0.1, 0.15) is 29.5 Å². The highest BCUT2D eigenvalue weighted by Crippen LogP contribution is 1.99. The number of carboxylic acids is 1. The Morgan fingerprint density at radius 3 is 2.94 bits per heavy atom. The molecule has 1 aromatic rings. The molecule has 0 aromatic carbocycles. The van der Waals surface area contributed by atoms with E-state index in [1.165, 1.54) is 6.07 Å². The molecule has 5 nitrogen and oxygen atoms in total. The van der Waals surface area contributed by atoms with Crippen molar-refractivity contribution in [3.8, 4) is 0 Å². The van der Waals surface area contributed by atoms with Crippen LogP contribution in [0.4, 0.5) is 0 Å². The highest BCUT2D eigenvalue weighted by molar-refractivity contribution is 5.85. The van der Waals surface area contributed by atoms with E-state index < -0.39 is 5.97 Å². The second kappa shape index (κ2) is 6.19. The number of pyridine rings is 1. The zero-order valence-electron chi connectivity index (χ0n) is 9.18. The summed E-state index contributed by atoms with van der Waals surface area (Å²) in [4.78, 5) is 14.6. The largest absolute Gasteiger partial charge is 0.477 e. The molecule has 0 aliphatic rings. The lowest BCUT2D eigenvalue weighted by molar-refractivity contribution is 0.0690. The standard InChI is InChI=1S/C11H16N2O3/c1-8(14)5-6-12-7-9-3-2-4-10(13-9)11(15)16/h2-4,8,12,14H,5-7H2,1H3,(H,15,16). The first kappa shape index (κ1) is 12.6. The Morgan fingerprint density at radius 1 is 1.56 bits per heavy atom. The van der Waals surface area contributed by atoms with Gasteiger partial charge in [0, 0.05) is 6.54 Å². The Labute approximate surface area is 94.1 Å². The summed E-state index contributed by atoms with van der Waals surface area (Å²) in [6.07, 6.45) is 0.337. The minimum atomic E-state index is -1.02. The van der Waals surface area contributed by atoms with Crippen LogP contribution in [0, 0.1) is 0 Å². The van der Waals surface area contributed by atoms with Gasteiger partial charge in [0.05, 0.1) is 11.8 Å². The number of carboxylic acid groups (broad SMARTS) is 1. The average Bonchev–Trinajstić information content (AvgIpc) is 2.24. The highest BCUT2D eigenvalue weighted by atomic mass is 16.4. The molecule has 1 unspecified atom stereocenters. The van der Waals surface area contributed by atoms with E-state index in [0.29, 0.717) is 25.2 Å². The molecule has 1 atom stereocenters. The number of nitrogens with one attached hydrogen (secondary N) is 1. The van der Waals surface area contributed by atoms with Crippen molar-refractivity contribution in [2.75, 3.05) is 6.54 Å². The predicted octanol–water partition coefficient (Wildman–Crippen LogP) is 0.640. The third-order valence-electron chi connectivity index (χ3n) is 2.07. The second-order valence-electron chi connectivity index (χ2n) is 3.63. The maximum absolute atomic E-state index is 10.7. The van der Waals surface area contributed by atoms with E-state index in [1.807, 2.05) is 0 Å². The van der Waals surface area contributed by atoms with E-state index in [-0.39, 0.29) is 11.8 Å². The van der Waals surface area contributed by atoms with Crippen molar-refractivity contribution in [3.63, 3.8) is 0 Å². The summed E-state index contributed by atoms with van der Waals surface area (Å²) in [6.45, 7) is 2.91. The molecule has 0 fully saturated rings. The van der Waals surface area contributed by atoms with Crippen LogP contribution in [-0.2, 0) is 6.54 Å². The van der Waals surface area contributed by atoms with Crippen LogP contribution in [0.25, 0.3) is 0 Å². The molecule has 1 heterocycles. The average molecular weight is 224 g/mol. The quantitative estimate of drug-likeness (QED) is 0.618. The summed E-state index contributed by atoms with van der Waals surface area (Å²) >= 11 is 0. The Kier molecular flexibility index (Phi) is 4.88. The van der Waals surface area contributed by atoms with Crippen molar-refractivity contribution < 1.29 is 15.0 Å². The first-order valence-corrected chi connectivity index (χ1v) is 5.17. The molecule has 0 saturated heterocycles. The summed E-state index contributed by atoms with van der Waals surface area (Å²) < 4.78 is 0. The molecule has 3 N–H and O–H groups in total. The molecule has 0 aliphatic carbocycles. The van der Waals surface area contributed by atoms with Crippen LogP contribution in [0.2, 0.25) is 0 Å². The van der Waals surface area contributed by atoms with Gasteiger partial charge in [-0.25, -0.2) is 9.78 Å². The summed E-state index contributed by atoms with van der Waals surface area (Å²) in [5.41, 5.74) is 0.736. The first-order valence-electron chi connectivity index (χ1n) is 5.17. The Hall–Kier alpha value is -1.46. The lowest BCUT2D eigenvalue weighted by Gasteiger charge is -2.06. The predicted molar refractivity (Wildman–Crippen MR) is 59.2 cm³/mol. The lowest BCUT2D eigenvalue weighted by atomic mass is 10.2. The molecule has 1 aromatic heterocycles. The summed E-state index contributed by atoms with van der Waals surface area (Å²) in [5.74, 6) is -1.02. The van der Waals surface area contributed by atoms with Gasteiger partial charge in [-0.2, -0.15) is 0 Å². The number of rotatable bonds is 6. The Morgan fingerprint density at radius 2 is 2.31 bits per heavy atom. The fourth-order valence-electron chi connectivity index (χ4n) is 1.22. The van der Waals surface area contributed by atoms with Crippen molar-refractivity contribution in [3.05, 3.63) is 29.6 Å². The van der Waals surface area contributed by atoms with Crippen LogP contribution in [0.15, 0.2) is 18.2 Å². The molecule has 0 aliphatic heterocycles. The number of aliphatic hydroxyl groups is 1. The van der Waals surface area contributed by atoms with Crippen molar-refractivity contribution in [1.82, 2.24) is 10.3 Å². The van der Waals surface area contributed by atoms with Crippen molar-refractivity contribution in [1.29, 1.82) is 0 Å². The number of aliphatic hydroxyl groups excluding tert-OH is 1. The minimum Gasteiger partial charge on any atom is -0.477 e. The lowest BCUT2D eigenvalue weighted by Crippen LogP contribution is -2.19. The van der Waals surface area contributed by atoms with Gasteiger partial charge in [0.15, 0.2) is 0 Å². The topological polar surface area (TPSA) is 82.5 Å². The van der Waals surface area contributed by atoms with Crippen LogP contribution >= 0.6 is 0 Å². The van der Waals surface area contributed by atoms with Gasteiger partial charge < -0.3 is 15.5 Å². The Balaban J connectivity index is 2.42. The van der Waals surface area contributed by atoms with Crippen molar-refractivity contribution in [2.45, 2.75) is 26.0 Å². The van der Waals surface area contributed by atoms with E-state index in [4.69, 9.17) is 10.2 Å². The molecule has 16 heavy (non-hydrogen) atoms. The first-order chi connectivity index (χ1) is 7.59. The monoisotopic (exact) mass is 224 g/mol. The molecular weight excluding hydrogens is 208 g/mol. The van der Waals surface area contributed by atoms with E-state index in [2.05, 4.69) is 10.3 Å². The molecule has 0 bridgehead atoms. The molecule has 0 spiro atoms. The molecular formula is C11H16N2O3. The van der Waals surface area contributed by atoms with Crippen LogP contribution in [0.3, 0.4) is 0 Å². The minimum absolute atomic E-state index is 0.0508. The molecule has 0 radical (unpaired) electrons. The zero-order chi connectivity index (χ0) is 12.0. The number of nitrogens with zero attached hydrogens (tertiary/aromatic N) is 1. The van der Waals surface area contributed by atoms with Gasteiger partial charge in [0.1, 0.15) is 5.69 Å². The van der Waals surface area contributed by atoms with Gasteiger partial charge >= 0.3 is 5.97 Å². The number of aromatic carboxylic acids is 1. The van der Waals surface area contributed by atoms with Gasteiger partial charge in [0.2, 0.25) is 0 Å². The Bertz CT molecular complexity index is 353. The molecule has 1 rings (SSSR count). The van der Waals surface area contributed by atoms with Gasteiger partial charge in [-0.1, -0.05) is 6.07 Å². The van der Waals surface area contributed by atoms with Gasteiger partial charge in [-0.05, 0) is 32.0 Å². The summed E-state index contributed by atoms with van der Waals surface area (Å²) in [5, 5.41) is 20.9. The SMILES string of the molecule is CC(O)CCNCc1cccc(C(=O)O)n1. The summed E-state index contributed by atoms with van der Waals surface area (Å²) in [7, 11) is 0. The van der Waals surface area contributed by atoms with Crippen LogP contribution < -0.4 is 5.32 Å². The van der Waals surface area contributed by atoms with E-state index in [1.54, 1.807) is 19.1 Å². The third kappa shape index (κ3) is 4.37. The fraction of sp³-hybridized carbons (Fsp3) is 0.455. The van der Waals surface area contributed by atoms with Crippen LogP contribution in [-0.4, -0.2) is 33.8 Å². The van der Waals surface area contributed by atoms with Gasteiger partial charge in [-0.15, -0.1) is 0 Å². The maximum Gasteiger partial charge on any atom is 0.354 e. The number of hydrogen-bond donors (Lipinski definition) is 3. The van der Waals surface area contributed by atoms with Crippen molar-refractivity contribution >= 4 is 5.97 Å². The molecule has 0 amide bonds. The van der Waals surface area contributed by atoms with Gasteiger partial charge in [0.25, 0.3) is 0 Å². The van der Waals surface area contributed by atoms with Crippen LogP contribution in [0.5, 0.6) is 0 Å². The zero-order valence-corrected chi connectivity index (χ0v) is 9.18. The number of hydrogen-bond acceptors (Lipinski definition) is 4. The number of aromatic nitrogens is 1. The highest BCUT2D eigenvalue weighted by Gasteiger charge is 2.04. The maximum atomic E-state index is 10.7. The second-order valence-corrected chi connectivity index (χ2v) is 3.63. The third-order valence-corrected chi connectivity index (χ3v) is 2.07. The summed E-state index contributed by atoms with van der Waals surface area (Å²) in [6, 6.07) is 4.89. The normalized spacial score (nSPS) is 12.4. The smallest absolute Gasteiger partial charge is 0.354 e. The van der Waals surface area contributed by atoms with Crippen molar-refractivity contribution in [2.24, 2.45) is 0 Å².